The number of benzene rings is 2. The third-order valence-electron chi connectivity index (χ3n) is 5.47. The van der Waals surface area contributed by atoms with Crippen LogP contribution in [-0.2, 0) is 11.3 Å². The number of aliphatic hydroxyl groups is 1. The summed E-state index contributed by atoms with van der Waals surface area (Å²) in [4.78, 5) is 20.9. The molecule has 2 heterocycles. The number of hydrogen-bond donors (Lipinski definition) is 3. The number of alkyl halides is 3. The van der Waals surface area contributed by atoms with Gasteiger partial charge in [0.05, 0.1) is 36.8 Å². The Morgan fingerprint density at radius 2 is 1.95 bits per heavy atom. The number of anilines is 2. The molecule has 4 aromatic rings. The maximum absolute atomic E-state index is 12.3. The molecule has 206 valence electrons. The van der Waals surface area contributed by atoms with Gasteiger partial charge >= 0.3 is 6.18 Å². The SMILES string of the molecule is O=C(NCCC(F)(F)F)c1cccc(Oc2ccc(Nc3ncnc4ccn(CCOCCO)c34)cc2Cl)c1. The molecule has 4 rings (SSSR count). The van der Waals surface area contributed by atoms with Crippen molar-refractivity contribution in [1.29, 1.82) is 0 Å². The van der Waals surface area contributed by atoms with Crippen LogP contribution in [0.5, 0.6) is 11.5 Å². The number of aliphatic hydroxyl groups excluding tert-OH is 1. The van der Waals surface area contributed by atoms with Crippen LogP contribution in [0.15, 0.2) is 61.1 Å². The predicted molar refractivity (Wildman–Crippen MR) is 140 cm³/mol. The minimum Gasteiger partial charge on any atom is -0.456 e. The largest absolute Gasteiger partial charge is 0.456 e. The van der Waals surface area contributed by atoms with Gasteiger partial charge in [-0.2, -0.15) is 13.2 Å². The molecule has 13 heteroatoms. The second kappa shape index (κ2) is 12.8. The standard InChI is InChI=1S/C26H25ClF3N5O4/c27-20-15-18(34-24-23-21(32-16-33-24)6-9-35(23)10-12-38-13-11-36)4-5-22(20)39-19-3-1-2-17(14-19)25(37)31-8-7-26(28,29)30/h1-6,9,14-16,36H,7-8,10-13H2,(H,31,37)(H,32,33,34). The van der Waals surface area contributed by atoms with Crippen LogP contribution in [0.4, 0.5) is 24.7 Å². The molecule has 0 bridgehead atoms. The normalized spacial score (nSPS) is 11.5. The van der Waals surface area contributed by atoms with E-state index in [1.54, 1.807) is 30.3 Å². The topological polar surface area (TPSA) is 111 Å². The Labute approximate surface area is 226 Å². The predicted octanol–water partition coefficient (Wildman–Crippen LogP) is 5.31. The number of carbonyl (C=O) groups excluding carboxylic acids is 1. The quantitative estimate of drug-likeness (QED) is 0.200. The van der Waals surface area contributed by atoms with Gasteiger partial charge in [-0.3, -0.25) is 4.79 Å². The number of amides is 1. The molecule has 0 aliphatic heterocycles. The Kier molecular flexibility index (Phi) is 9.23. The van der Waals surface area contributed by atoms with Gasteiger partial charge in [0, 0.05) is 30.5 Å². The first-order chi connectivity index (χ1) is 18.7. The van der Waals surface area contributed by atoms with Crippen LogP contribution >= 0.6 is 11.6 Å². The van der Waals surface area contributed by atoms with Crippen molar-refractivity contribution < 1.29 is 32.5 Å². The lowest BCUT2D eigenvalue weighted by atomic mass is 10.2. The van der Waals surface area contributed by atoms with Gasteiger partial charge in [0.2, 0.25) is 0 Å². The molecule has 0 saturated carbocycles. The Morgan fingerprint density at radius 3 is 2.72 bits per heavy atom. The summed E-state index contributed by atoms with van der Waals surface area (Å²) in [6.45, 7) is 0.641. The smallest absolute Gasteiger partial charge is 0.390 e. The van der Waals surface area contributed by atoms with E-state index in [2.05, 4.69) is 20.6 Å². The number of nitrogens with zero attached hydrogens (tertiary/aromatic N) is 3. The van der Waals surface area contributed by atoms with Crippen LogP contribution in [0.3, 0.4) is 0 Å². The summed E-state index contributed by atoms with van der Waals surface area (Å²) in [5.74, 6) is 0.520. The van der Waals surface area contributed by atoms with Gasteiger partial charge in [-0.15, -0.1) is 0 Å². The monoisotopic (exact) mass is 563 g/mol. The Bertz CT molecular complexity index is 1430. The van der Waals surface area contributed by atoms with Crippen molar-refractivity contribution in [3.05, 3.63) is 71.6 Å². The fourth-order valence-corrected chi connectivity index (χ4v) is 3.90. The summed E-state index contributed by atoms with van der Waals surface area (Å²) >= 11 is 6.46. The fraction of sp³-hybridized carbons (Fsp3) is 0.269. The summed E-state index contributed by atoms with van der Waals surface area (Å²) in [5, 5.41) is 14.6. The van der Waals surface area contributed by atoms with E-state index in [0.717, 1.165) is 11.0 Å². The number of nitrogens with one attached hydrogen (secondary N) is 2. The Morgan fingerprint density at radius 1 is 1.10 bits per heavy atom. The van der Waals surface area contributed by atoms with Crippen LogP contribution in [-0.4, -0.2) is 58.1 Å². The molecule has 39 heavy (non-hydrogen) atoms. The van der Waals surface area contributed by atoms with Gasteiger partial charge in [0.1, 0.15) is 23.3 Å². The Hall–Kier alpha value is -3.87. The molecule has 0 atom stereocenters. The molecule has 2 aromatic heterocycles. The van der Waals surface area contributed by atoms with Crippen molar-refractivity contribution in [2.75, 3.05) is 31.7 Å². The molecule has 0 aliphatic carbocycles. The van der Waals surface area contributed by atoms with E-state index in [9.17, 15) is 18.0 Å². The zero-order chi connectivity index (χ0) is 27.8. The number of fused-ring (bicyclic) bond motifs is 1. The van der Waals surface area contributed by atoms with E-state index < -0.39 is 25.0 Å². The summed E-state index contributed by atoms with van der Waals surface area (Å²) in [5.41, 5.74) is 2.30. The molecule has 0 radical (unpaired) electrons. The van der Waals surface area contributed by atoms with E-state index >= 15 is 0 Å². The second-order valence-electron chi connectivity index (χ2n) is 8.32. The average Bonchev–Trinajstić information content (AvgIpc) is 3.32. The molecule has 0 fully saturated rings. The highest BCUT2D eigenvalue weighted by atomic mass is 35.5. The molecule has 0 aliphatic rings. The van der Waals surface area contributed by atoms with E-state index in [-0.39, 0.29) is 23.8 Å². The minimum atomic E-state index is -4.35. The van der Waals surface area contributed by atoms with Crippen LogP contribution in [0.25, 0.3) is 11.0 Å². The third-order valence-corrected chi connectivity index (χ3v) is 5.77. The van der Waals surface area contributed by atoms with Crippen LogP contribution in [0, 0.1) is 0 Å². The van der Waals surface area contributed by atoms with Crippen molar-refractivity contribution >= 4 is 40.0 Å². The van der Waals surface area contributed by atoms with Crippen LogP contribution < -0.4 is 15.4 Å². The Balaban J connectivity index is 1.44. The number of rotatable bonds is 12. The molecule has 1 amide bonds. The van der Waals surface area contributed by atoms with E-state index in [1.807, 2.05) is 16.8 Å². The lowest BCUT2D eigenvalue weighted by molar-refractivity contribution is -0.133. The molecule has 0 unspecified atom stereocenters. The van der Waals surface area contributed by atoms with Crippen molar-refractivity contribution in [3.63, 3.8) is 0 Å². The second-order valence-corrected chi connectivity index (χ2v) is 8.73. The highest BCUT2D eigenvalue weighted by molar-refractivity contribution is 6.32. The summed E-state index contributed by atoms with van der Waals surface area (Å²) in [7, 11) is 0. The summed E-state index contributed by atoms with van der Waals surface area (Å²) in [6.07, 6.45) is -2.14. The minimum absolute atomic E-state index is 0.0467. The molecule has 0 spiro atoms. The van der Waals surface area contributed by atoms with Gasteiger partial charge < -0.3 is 29.8 Å². The third kappa shape index (κ3) is 7.82. The highest BCUT2D eigenvalue weighted by Crippen LogP contribution is 2.33. The lowest BCUT2D eigenvalue weighted by Crippen LogP contribution is -2.27. The van der Waals surface area contributed by atoms with Crippen LogP contribution in [0.1, 0.15) is 16.8 Å². The number of halogens is 4. The number of ether oxygens (including phenoxy) is 2. The number of aromatic nitrogens is 3. The first-order valence-corrected chi connectivity index (χ1v) is 12.3. The maximum Gasteiger partial charge on any atom is 0.390 e. The summed E-state index contributed by atoms with van der Waals surface area (Å²) in [6, 6.07) is 12.9. The summed E-state index contributed by atoms with van der Waals surface area (Å²) < 4.78 is 50.1. The molecule has 2 aromatic carbocycles. The van der Waals surface area contributed by atoms with Crippen molar-refractivity contribution in [3.8, 4) is 11.5 Å². The molecular weight excluding hydrogens is 539 g/mol. The zero-order valence-electron chi connectivity index (χ0n) is 20.5. The first-order valence-electron chi connectivity index (χ1n) is 11.9. The fourth-order valence-electron chi connectivity index (χ4n) is 3.69. The molecule has 3 N–H and O–H groups in total. The van der Waals surface area contributed by atoms with Crippen molar-refractivity contribution in [1.82, 2.24) is 19.9 Å². The number of carbonyl (C=O) groups is 1. The van der Waals surface area contributed by atoms with Gasteiger partial charge in [0.25, 0.3) is 5.91 Å². The first kappa shape index (κ1) is 28.1. The van der Waals surface area contributed by atoms with Crippen molar-refractivity contribution in [2.24, 2.45) is 0 Å². The zero-order valence-corrected chi connectivity index (χ0v) is 21.3. The molecule has 0 saturated heterocycles. The van der Waals surface area contributed by atoms with E-state index in [0.29, 0.717) is 36.2 Å². The maximum atomic E-state index is 12.3. The highest BCUT2D eigenvalue weighted by Gasteiger charge is 2.26. The van der Waals surface area contributed by atoms with Gasteiger partial charge in [0.15, 0.2) is 5.82 Å². The van der Waals surface area contributed by atoms with E-state index in [4.69, 9.17) is 26.2 Å². The van der Waals surface area contributed by atoms with Gasteiger partial charge in [-0.1, -0.05) is 17.7 Å². The molecular formula is C26H25ClF3N5O4. The van der Waals surface area contributed by atoms with Crippen molar-refractivity contribution in [2.45, 2.75) is 19.1 Å². The van der Waals surface area contributed by atoms with E-state index in [1.165, 1.54) is 18.5 Å². The van der Waals surface area contributed by atoms with Crippen LogP contribution in [0.2, 0.25) is 5.02 Å². The average molecular weight is 564 g/mol. The number of hydrogen-bond acceptors (Lipinski definition) is 7. The molecule has 9 nitrogen and oxygen atoms in total. The van der Waals surface area contributed by atoms with Gasteiger partial charge in [-0.25, -0.2) is 9.97 Å². The van der Waals surface area contributed by atoms with Gasteiger partial charge in [-0.05, 0) is 42.5 Å². The lowest BCUT2D eigenvalue weighted by Gasteiger charge is -2.13.